The molecule has 0 heterocycles. The summed E-state index contributed by atoms with van der Waals surface area (Å²) in [6.07, 6.45) is 0. The Kier molecular flexibility index (Phi) is 4.77. The molecule has 7 heteroatoms. The quantitative estimate of drug-likeness (QED) is 0.919. The zero-order valence-electron chi connectivity index (χ0n) is 12.1. The van der Waals surface area contributed by atoms with Crippen LogP contribution in [0.1, 0.15) is 11.1 Å². The monoisotopic (exact) mass is 327 g/mol. The molecule has 4 nitrogen and oxygen atoms in total. The van der Waals surface area contributed by atoms with Crippen LogP contribution >= 0.6 is 0 Å². The second-order valence-electron chi connectivity index (χ2n) is 4.69. The van der Waals surface area contributed by atoms with E-state index < -0.39 is 21.7 Å². The molecule has 0 spiro atoms. The Balaban J connectivity index is 2.23. The number of hydrogen-bond acceptors (Lipinski definition) is 3. The molecule has 2 aromatic carbocycles. The highest BCUT2D eigenvalue weighted by Crippen LogP contribution is 2.20. The topological polar surface area (TPSA) is 55.4 Å². The molecule has 0 bridgehead atoms. The van der Waals surface area contributed by atoms with Gasteiger partial charge in [0.15, 0.2) is 0 Å². The van der Waals surface area contributed by atoms with Gasteiger partial charge in [-0.3, -0.25) is 0 Å². The maximum absolute atomic E-state index is 13.2. The van der Waals surface area contributed by atoms with Crippen molar-refractivity contribution in [3.05, 3.63) is 59.2 Å². The molecule has 22 heavy (non-hydrogen) atoms. The van der Waals surface area contributed by atoms with Gasteiger partial charge in [0.1, 0.15) is 17.4 Å². The van der Waals surface area contributed by atoms with Gasteiger partial charge in [-0.1, -0.05) is 0 Å². The van der Waals surface area contributed by atoms with E-state index in [1.54, 1.807) is 0 Å². The van der Waals surface area contributed by atoms with E-state index in [4.69, 9.17) is 4.74 Å². The Morgan fingerprint density at radius 1 is 1.14 bits per heavy atom. The van der Waals surface area contributed by atoms with Crippen molar-refractivity contribution < 1.29 is 21.9 Å². The fourth-order valence-corrected chi connectivity index (χ4v) is 3.02. The molecule has 0 saturated carbocycles. The van der Waals surface area contributed by atoms with Crippen molar-refractivity contribution in [3.63, 3.8) is 0 Å². The van der Waals surface area contributed by atoms with E-state index in [1.807, 2.05) is 0 Å². The maximum atomic E-state index is 13.2. The van der Waals surface area contributed by atoms with Gasteiger partial charge >= 0.3 is 0 Å². The Labute approximate surface area is 127 Å². The van der Waals surface area contributed by atoms with E-state index >= 15 is 0 Å². The van der Waals surface area contributed by atoms with Gasteiger partial charge in [-0.2, -0.15) is 0 Å². The highest BCUT2D eigenvalue weighted by Gasteiger charge is 2.16. The van der Waals surface area contributed by atoms with Crippen LogP contribution in [-0.4, -0.2) is 15.5 Å². The van der Waals surface area contributed by atoms with Crippen molar-refractivity contribution in [2.45, 2.75) is 18.4 Å². The summed E-state index contributed by atoms with van der Waals surface area (Å²) in [6, 6.07) is 7.33. The zero-order valence-corrected chi connectivity index (χ0v) is 12.9. The summed E-state index contributed by atoms with van der Waals surface area (Å²) in [6.45, 7) is 1.34. The van der Waals surface area contributed by atoms with Gasteiger partial charge in [0.05, 0.1) is 12.0 Å². The van der Waals surface area contributed by atoms with Crippen LogP contribution < -0.4 is 9.46 Å². The SMILES string of the molecule is COc1ccc(F)cc1CNS(=O)(=O)c1ccc(F)c(C)c1. The van der Waals surface area contributed by atoms with Crippen molar-refractivity contribution in [3.8, 4) is 5.75 Å². The number of halogens is 2. The Hall–Kier alpha value is -1.99. The first-order valence-corrected chi connectivity index (χ1v) is 7.90. The fourth-order valence-electron chi connectivity index (χ4n) is 1.93. The maximum Gasteiger partial charge on any atom is 0.240 e. The Morgan fingerprint density at radius 3 is 2.50 bits per heavy atom. The number of hydrogen-bond donors (Lipinski definition) is 1. The first kappa shape index (κ1) is 16.4. The average Bonchev–Trinajstić information content (AvgIpc) is 2.48. The molecule has 0 fully saturated rings. The molecular formula is C15H15F2NO3S. The molecule has 0 aliphatic heterocycles. The van der Waals surface area contributed by atoms with Crippen LogP contribution in [0.3, 0.4) is 0 Å². The lowest BCUT2D eigenvalue weighted by Crippen LogP contribution is -2.23. The van der Waals surface area contributed by atoms with E-state index in [-0.39, 0.29) is 17.0 Å². The summed E-state index contributed by atoms with van der Waals surface area (Å²) >= 11 is 0. The molecule has 1 N–H and O–H groups in total. The number of aryl methyl sites for hydroxylation is 1. The number of ether oxygens (including phenoxy) is 1. The van der Waals surface area contributed by atoms with Gasteiger partial charge in [-0.25, -0.2) is 21.9 Å². The minimum atomic E-state index is -3.83. The first-order chi connectivity index (χ1) is 10.3. The van der Waals surface area contributed by atoms with E-state index in [0.717, 1.165) is 6.07 Å². The predicted molar refractivity (Wildman–Crippen MR) is 78.1 cm³/mol. The molecule has 0 aromatic heterocycles. The zero-order chi connectivity index (χ0) is 16.3. The van der Waals surface area contributed by atoms with Crippen LogP contribution in [0.15, 0.2) is 41.3 Å². The van der Waals surface area contributed by atoms with Crippen LogP contribution in [0.4, 0.5) is 8.78 Å². The molecule has 2 rings (SSSR count). The summed E-state index contributed by atoms with van der Waals surface area (Å²) in [5, 5.41) is 0. The third kappa shape index (κ3) is 3.61. The van der Waals surface area contributed by atoms with E-state index in [1.165, 1.54) is 44.4 Å². The van der Waals surface area contributed by atoms with E-state index in [0.29, 0.717) is 11.3 Å². The molecule has 0 aliphatic carbocycles. The molecule has 0 amide bonds. The average molecular weight is 327 g/mol. The van der Waals surface area contributed by atoms with Gasteiger partial charge in [0.2, 0.25) is 10.0 Å². The lowest BCUT2D eigenvalue weighted by atomic mass is 10.2. The minimum Gasteiger partial charge on any atom is -0.496 e. The van der Waals surface area contributed by atoms with Gasteiger partial charge in [0.25, 0.3) is 0 Å². The normalized spacial score (nSPS) is 11.5. The molecule has 118 valence electrons. The van der Waals surface area contributed by atoms with Crippen LogP contribution in [0.2, 0.25) is 0 Å². The van der Waals surface area contributed by atoms with Crippen LogP contribution in [0.25, 0.3) is 0 Å². The Bertz CT molecular complexity index is 791. The van der Waals surface area contributed by atoms with Gasteiger partial charge in [-0.05, 0) is 48.9 Å². The molecule has 0 radical (unpaired) electrons. The fraction of sp³-hybridized carbons (Fsp3) is 0.200. The van der Waals surface area contributed by atoms with Crippen molar-refractivity contribution >= 4 is 10.0 Å². The van der Waals surface area contributed by atoms with E-state index in [2.05, 4.69) is 4.72 Å². The number of methoxy groups -OCH3 is 1. The number of rotatable bonds is 5. The highest BCUT2D eigenvalue weighted by molar-refractivity contribution is 7.89. The van der Waals surface area contributed by atoms with Crippen LogP contribution in [0.5, 0.6) is 5.75 Å². The summed E-state index contributed by atoms with van der Waals surface area (Å²) in [4.78, 5) is -0.0539. The summed E-state index contributed by atoms with van der Waals surface area (Å²) < 4.78 is 58.2. The number of sulfonamides is 1. The van der Waals surface area contributed by atoms with Crippen LogP contribution in [-0.2, 0) is 16.6 Å². The molecule has 0 unspecified atom stereocenters. The first-order valence-electron chi connectivity index (χ1n) is 6.42. The van der Waals surface area contributed by atoms with Gasteiger partial charge in [0, 0.05) is 12.1 Å². The molecule has 0 aliphatic rings. The second kappa shape index (κ2) is 6.41. The minimum absolute atomic E-state index is 0.0539. The summed E-state index contributed by atoms with van der Waals surface area (Å²) in [5.41, 5.74) is 0.594. The van der Waals surface area contributed by atoms with Crippen LogP contribution in [0, 0.1) is 18.6 Å². The van der Waals surface area contributed by atoms with E-state index in [9.17, 15) is 17.2 Å². The smallest absolute Gasteiger partial charge is 0.240 e. The summed E-state index contributed by atoms with van der Waals surface area (Å²) in [5.74, 6) is -0.599. The molecule has 0 saturated heterocycles. The molecular weight excluding hydrogens is 312 g/mol. The number of nitrogens with one attached hydrogen (secondary N) is 1. The van der Waals surface area contributed by atoms with Gasteiger partial charge < -0.3 is 4.74 Å². The van der Waals surface area contributed by atoms with Gasteiger partial charge in [-0.15, -0.1) is 0 Å². The third-order valence-electron chi connectivity index (χ3n) is 3.13. The molecule has 2 aromatic rings. The highest BCUT2D eigenvalue weighted by atomic mass is 32.2. The predicted octanol–water partition coefficient (Wildman–Crippen LogP) is 2.76. The van der Waals surface area contributed by atoms with Crippen molar-refractivity contribution in [1.82, 2.24) is 4.72 Å². The van der Waals surface area contributed by atoms with Crippen molar-refractivity contribution in [2.75, 3.05) is 7.11 Å². The largest absolute Gasteiger partial charge is 0.496 e. The van der Waals surface area contributed by atoms with Crippen molar-refractivity contribution in [2.24, 2.45) is 0 Å². The second-order valence-corrected chi connectivity index (χ2v) is 6.46. The summed E-state index contributed by atoms with van der Waals surface area (Å²) in [7, 11) is -2.42. The lowest BCUT2D eigenvalue weighted by molar-refractivity contribution is 0.407. The third-order valence-corrected chi connectivity index (χ3v) is 4.53. The number of benzene rings is 2. The lowest BCUT2D eigenvalue weighted by Gasteiger charge is -2.11. The Morgan fingerprint density at radius 2 is 1.86 bits per heavy atom. The van der Waals surface area contributed by atoms with Crippen molar-refractivity contribution in [1.29, 1.82) is 0 Å². The molecule has 0 atom stereocenters. The standard InChI is InChI=1S/C15H15F2NO3S/c1-10-7-13(4-5-14(10)17)22(19,20)18-9-11-8-12(16)3-6-15(11)21-2/h3-8,18H,9H2,1-2H3.